The summed E-state index contributed by atoms with van der Waals surface area (Å²) >= 11 is 23.3. The van der Waals surface area contributed by atoms with E-state index in [2.05, 4.69) is 15.3 Å². The first kappa shape index (κ1) is 14.3. The van der Waals surface area contributed by atoms with Gasteiger partial charge < -0.3 is 5.32 Å². The molecule has 19 heavy (non-hydrogen) atoms. The van der Waals surface area contributed by atoms with E-state index in [-0.39, 0.29) is 26.6 Å². The number of carbonyl (C=O) groups is 1. The standard InChI is InChI=1S/C11H5Cl4N3O/c12-5-1-6(13)10(7(14)2-5)18-11(19)8-3-17-9(15)4-16-8/h1-4H,(H,18,19). The summed E-state index contributed by atoms with van der Waals surface area (Å²) in [7, 11) is 0. The number of nitrogens with one attached hydrogen (secondary N) is 1. The molecule has 2 aromatic rings. The van der Waals surface area contributed by atoms with Gasteiger partial charge in [0.25, 0.3) is 5.91 Å². The summed E-state index contributed by atoms with van der Waals surface area (Å²) in [5, 5.41) is 3.56. The second-order valence-corrected chi connectivity index (χ2v) is 5.06. The molecule has 0 aliphatic rings. The monoisotopic (exact) mass is 335 g/mol. The molecule has 0 unspecified atom stereocenters. The van der Waals surface area contributed by atoms with Gasteiger partial charge in [0.2, 0.25) is 0 Å². The molecule has 0 aliphatic carbocycles. The third-order valence-corrected chi connectivity index (χ3v) is 3.11. The highest BCUT2D eigenvalue weighted by Crippen LogP contribution is 2.33. The van der Waals surface area contributed by atoms with Crippen molar-refractivity contribution in [3.8, 4) is 0 Å². The van der Waals surface area contributed by atoms with E-state index in [1.54, 1.807) is 0 Å². The van der Waals surface area contributed by atoms with Crippen molar-refractivity contribution in [3.05, 3.63) is 50.4 Å². The quantitative estimate of drug-likeness (QED) is 0.887. The maximum absolute atomic E-state index is 11.9. The average Bonchev–Trinajstić information content (AvgIpc) is 2.34. The normalized spacial score (nSPS) is 10.3. The molecule has 8 heteroatoms. The first-order chi connectivity index (χ1) is 8.97. The van der Waals surface area contributed by atoms with Crippen LogP contribution in [0.25, 0.3) is 0 Å². The Morgan fingerprint density at radius 1 is 1.00 bits per heavy atom. The van der Waals surface area contributed by atoms with Gasteiger partial charge in [-0.3, -0.25) is 4.79 Å². The van der Waals surface area contributed by atoms with Crippen molar-refractivity contribution in [1.82, 2.24) is 9.97 Å². The fourth-order valence-electron chi connectivity index (χ4n) is 1.27. The zero-order chi connectivity index (χ0) is 14.0. The third-order valence-electron chi connectivity index (χ3n) is 2.10. The van der Waals surface area contributed by atoms with E-state index < -0.39 is 5.91 Å². The summed E-state index contributed by atoms with van der Waals surface area (Å²) in [5.74, 6) is -0.504. The fourth-order valence-corrected chi connectivity index (χ4v) is 2.28. The van der Waals surface area contributed by atoms with E-state index in [1.165, 1.54) is 24.5 Å². The van der Waals surface area contributed by atoms with Crippen molar-refractivity contribution in [2.45, 2.75) is 0 Å². The first-order valence-electron chi connectivity index (χ1n) is 4.91. The minimum atomic E-state index is -0.504. The lowest BCUT2D eigenvalue weighted by molar-refractivity contribution is 0.102. The summed E-state index contributed by atoms with van der Waals surface area (Å²) in [5.41, 5.74) is 0.348. The number of hydrogen-bond acceptors (Lipinski definition) is 3. The lowest BCUT2D eigenvalue weighted by Gasteiger charge is -2.09. The summed E-state index contributed by atoms with van der Waals surface area (Å²) in [6.45, 7) is 0. The number of aromatic nitrogens is 2. The minimum absolute atomic E-state index is 0.0893. The molecule has 2 rings (SSSR count). The Balaban J connectivity index is 2.26. The van der Waals surface area contributed by atoms with Crippen LogP contribution in [0.1, 0.15) is 10.5 Å². The van der Waals surface area contributed by atoms with Crippen LogP contribution in [-0.4, -0.2) is 15.9 Å². The van der Waals surface area contributed by atoms with Gasteiger partial charge in [-0.15, -0.1) is 0 Å². The lowest BCUT2D eigenvalue weighted by atomic mass is 10.3. The van der Waals surface area contributed by atoms with E-state index in [0.717, 1.165) is 0 Å². The van der Waals surface area contributed by atoms with E-state index in [4.69, 9.17) is 46.4 Å². The number of halogens is 4. The summed E-state index contributed by atoms with van der Waals surface area (Å²) in [6.07, 6.45) is 2.51. The van der Waals surface area contributed by atoms with E-state index in [9.17, 15) is 4.79 Å². The van der Waals surface area contributed by atoms with Crippen molar-refractivity contribution in [3.63, 3.8) is 0 Å². The topological polar surface area (TPSA) is 54.9 Å². The van der Waals surface area contributed by atoms with Crippen molar-refractivity contribution in [2.75, 3.05) is 5.32 Å². The average molecular weight is 337 g/mol. The molecule has 0 spiro atoms. The van der Waals surface area contributed by atoms with Crippen LogP contribution in [-0.2, 0) is 0 Å². The predicted octanol–water partition coefficient (Wildman–Crippen LogP) is 4.34. The van der Waals surface area contributed by atoms with E-state index in [1.807, 2.05) is 0 Å². The van der Waals surface area contributed by atoms with E-state index >= 15 is 0 Å². The van der Waals surface area contributed by atoms with Gasteiger partial charge in [-0.05, 0) is 12.1 Å². The number of anilines is 1. The van der Waals surface area contributed by atoms with Gasteiger partial charge in [0.1, 0.15) is 10.8 Å². The molecule has 0 bridgehead atoms. The van der Waals surface area contributed by atoms with Crippen LogP contribution < -0.4 is 5.32 Å². The largest absolute Gasteiger partial charge is 0.318 e. The predicted molar refractivity (Wildman–Crippen MR) is 76.5 cm³/mol. The molecule has 98 valence electrons. The molecular formula is C11H5Cl4N3O. The molecule has 0 atom stereocenters. The Labute approximate surface area is 128 Å². The van der Waals surface area contributed by atoms with Gasteiger partial charge >= 0.3 is 0 Å². The molecule has 0 saturated heterocycles. The number of carbonyl (C=O) groups excluding carboxylic acids is 1. The van der Waals surface area contributed by atoms with Crippen LogP contribution in [0.5, 0.6) is 0 Å². The SMILES string of the molecule is O=C(Nc1c(Cl)cc(Cl)cc1Cl)c1cnc(Cl)cn1. The highest BCUT2D eigenvalue weighted by molar-refractivity contribution is 6.42. The number of nitrogens with zero attached hydrogens (tertiary/aromatic N) is 2. The molecule has 1 N–H and O–H groups in total. The molecule has 0 saturated carbocycles. The molecule has 4 nitrogen and oxygen atoms in total. The number of amides is 1. The number of rotatable bonds is 2. The van der Waals surface area contributed by atoms with Gasteiger partial charge in [-0.1, -0.05) is 46.4 Å². The van der Waals surface area contributed by atoms with Crippen molar-refractivity contribution in [1.29, 1.82) is 0 Å². The van der Waals surface area contributed by atoms with Gasteiger partial charge in [0.15, 0.2) is 0 Å². The second-order valence-electron chi connectivity index (χ2n) is 3.42. The second kappa shape index (κ2) is 5.92. The molecule has 0 fully saturated rings. The smallest absolute Gasteiger partial charge is 0.275 e. The Hall–Kier alpha value is -1.07. The van der Waals surface area contributed by atoms with Gasteiger partial charge in [-0.25, -0.2) is 9.97 Å². The van der Waals surface area contributed by atoms with Crippen LogP contribution in [0.4, 0.5) is 5.69 Å². The van der Waals surface area contributed by atoms with Crippen molar-refractivity contribution >= 4 is 58.0 Å². The zero-order valence-electron chi connectivity index (χ0n) is 9.12. The maximum Gasteiger partial charge on any atom is 0.275 e. The van der Waals surface area contributed by atoms with Crippen molar-refractivity contribution in [2.24, 2.45) is 0 Å². The highest BCUT2D eigenvalue weighted by atomic mass is 35.5. The Bertz CT molecular complexity index is 607. The minimum Gasteiger partial charge on any atom is -0.318 e. The summed E-state index contributed by atoms with van der Waals surface area (Å²) in [4.78, 5) is 19.5. The fraction of sp³-hybridized carbons (Fsp3) is 0. The molecule has 1 heterocycles. The van der Waals surface area contributed by atoms with Gasteiger partial charge in [-0.2, -0.15) is 0 Å². The van der Waals surface area contributed by atoms with Crippen LogP contribution in [0.15, 0.2) is 24.5 Å². The van der Waals surface area contributed by atoms with Crippen LogP contribution >= 0.6 is 46.4 Å². The maximum atomic E-state index is 11.9. The Morgan fingerprint density at radius 2 is 1.63 bits per heavy atom. The lowest BCUT2D eigenvalue weighted by Crippen LogP contribution is -2.14. The first-order valence-corrected chi connectivity index (χ1v) is 6.42. The summed E-state index contributed by atoms with van der Waals surface area (Å²) < 4.78 is 0. The molecule has 1 aromatic heterocycles. The van der Waals surface area contributed by atoms with Crippen LogP contribution in [0, 0.1) is 0 Å². The van der Waals surface area contributed by atoms with Gasteiger partial charge in [0.05, 0.1) is 28.1 Å². The van der Waals surface area contributed by atoms with Crippen molar-refractivity contribution < 1.29 is 4.79 Å². The molecule has 1 aromatic carbocycles. The van der Waals surface area contributed by atoms with Crippen LogP contribution in [0.3, 0.4) is 0 Å². The summed E-state index contributed by atoms with van der Waals surface area (Å²) in [6, 6.07) is 2.94. The van der Waals surface area contributed by atoms with Gasteiger partial charge in [0, 0.05) is 5.02 Å². The Morgan fingerprint density at radius 3 is 2.16 bits per heavy atom. The molecule has 0 radical (unpaired) electrons. The highest BCUT2D eigenvalue weighted by Gasteiger charge is 2.14. The zero-order valence-corrected chi connectivity index (χ0v) is 12.1. The molecular weight excluding hydrogens is 332 g/mol. The number of hydrogen-bond donors (Lipinski definition) is 1. The van der Waals surface area contributed by atoms with Crippen LogP contribution in [0.2, 0.25) is 20.2 Å². The third kappa shape index (κ3) is 3.48. The van der Waals surface area contributed by atoms with E-state index in [0.29, 0.717) is 5.02 Å². The number of benzene rings is 1. The molecule has 1 amide bonds. The molecule has 0 aliphatic heterocycles. The Kier molecular flexibility index (Phi) is 4.47.